The van der Waals surface area contributed by atoms with Gasteiger partial charge >= 0.3 is 5.97 Å². The molecule has 1 fully saturated rings. The number of hydrogen-bond donors (Lipinski definition) is 3. The lowest BCUT2D eigenvalue weighted by molar-refractivity contribution is -0.144. The largest absolute Gasteiger partial charge is 0.469 e. The van der Waals surface area contributed by atoms with E-state index in [1.807, 2.05) is 47.4 Å². The summed E-state index contributed by atoms with van der Waals surface area (Å²) in [6.45, 7) is 0.866. The zero-order chi connectivity index (χ0) is 27.8. The van der Waals surface area contributed by atoms with Crippen LogP contribution in [0.2, 0.25) is 0 Å². The van der Waals surface area contributed by atoms with Crippen molar-refractivity contribution in [3.8, 4) is 11.1 Å². The molecule has 1 aliphatic rings. The summed E-state index contributed by atoms with van der Waals surface area (Å²) in [4.78, 5) is 39.8. The first-order chi connectivity index (χ1) is 18.9. The highest BCUT2D eigenvalue weighted by Gasteiger charge is 2.40. The number of esters is 1. The van der Waals surface area contributed by atoms with E-state index in [2.05, 4.69) is 17.4 Å². The van der Waals surface area contributed by atoms with E-state index >= 15 is 0 Å². The second-order valence-corrected chi connectivity index (χ2v) is 9.77. The van der Waals surface area contributed by atoms with Gasteiger partial charge in [0.05, 0.1) is 19.4 Å². The molecular weight excluding hydrogens is 492 g/mol. The van der Waals surface area contributed by atoms with Crippen LogP contribution in [0.25, 0.3) is 11.1 Å². The molecule has 2 atom stereocenters. The van der Waals surface area contributed by atoms with Crippen molar-refractivity contribution < 1.29 is 19.1 Å². The van der Waals surface area contributed by atoms with Crippen molar-refractivity contribution in [3.05, 3.63) is 95.6 Å². The topological polar surface area (TPSA) is 126 Å². The zero-order valence-corrected chi connectivity index (χ0v) is 22.1. The van der Waals surface area contributed by atoms with Crippen LogP contribution in [0, 0.1) is 11.3 Å². The Morgan fingerprint density at radius 1 is 0.974 bits per heavy atom. The van der Waals surface area contributed by atoms with Crippen LogP contribution in [0.3, 0.4) is 0 Å². The van der Waals surface area contributed by atoms with Crippen molar-refractivity contribution in [1.29, 1.82) is 5.41 Å². The normalized spacial score (nSPS) is 16.6. The summed E-state index contributed by atoms with van der Waals surface area (Å²) in [6, 6.07) is 24.6. The van der Waals surface area contributed by atoms with E-state index in [0.29, 0.717) is 30.6 Å². The molecule has 0 aromatic heterocycles. The number of methoxy groups -OCH3 is 1. The molecule has 0 bridgehead atoms. The number of amides is 2. The first kappa shape index (κ1) is 27.6. The average molecular weight is 527 g/mol. The summed E-state index contributed by atoms with van der Waals surface area (Å²) in [7, 11) is 1.32. The van der Waals surface area contributed by atoms with Gasteiger partial charge in [0.25, 0.3) is 5.91 Å². The minimum absolute atomic E-state index is 0.0175. The number of nitrogens with two attached hydrogens (primary N) is 1. The Balaban J connectivity index is 1.37. The number of amidine groups is 1. The Hall–Kier alpha value is -4.46. The highest BCUT2D eigenvalue weighted by molar-refractivity contribution is 5.96. The Bertz CT molecular complexity index is 1310. The van der Waals surface area contributed by atoms with Crippen LogP contribution < -0.4 is 11.1 Å². The quantitative estimate of drug-likeness (QED) is 0.199. The standard InChI is InChI=1S/C31H34N4O4/c1-39-28(36)19-26-18-27(35(31(26)38)17-5-8-21-6-3-2-4-7-21)20-34-30(37)25-15-11-23(12-16-25)22-9-13-24(14-10-22)29(32)33/h2-4,6-7,9-16,26-27H,5,8,17-20H2,1H3,(H3,32,33)(H,34,37)/t26-,27-/m0/s1. The molecule has 8 nitrogen and oxygen atoms in total. The van der Waals surface area contributed by atoms with E-state index in [1.165, 1.54) is 12.7 Å². The maximum atomic E-state index is 13.1. The van der Waals surface area contributed by atoms with Gasteiger partial charge in [-0.1, -0.05) is 66.7 Å². The first-order valence-corrected chi connectivity index (χ1v) is 13.1. The molecule has 0 saturated carbocycles. The zero-order valence-electron chi connectivity index (χ0n) is 22.1. The molecule has 39 heavy (non-hydrogen) atoms. The van der Waals surface area contributed by atoms with Crippen LogP contribution in [0.1, 0.15) is 40.7 Å². The second kappa shape index (κ2) is 12.9. The Morgan fingerprint density at radius 2 is 1.59 bits per heavy atom. The molecule has 8 heteroatoms. The van der Waals surface area contributed by atoms with Crippen LogP contribution in [0.15, 0.2) is 78.9 Å². The molecule has 1 aliphatic heterocycles. The van der Waals surface area contributed by atoms with Crippen molar-refractivity contribution in [1.82, 2.24) is 10.2 Å². The minimum atomic E-state index is -0.440. The van der Waals surface area contributed by atoms with E-state index < -0.39 is 11.9 Å². The second-order valence-electron chi connectivity index (χ2n) is 9.77. The smallest absolute Gasteiger partial charge is 0.306 e. The van der Waals surface area contributed by atoms with Gasteiger partial charge in [-0.15, -0.1) is 0 Å². The number of benzene rings is 3. The number of ether oxygens (including phenoxy) is 1. The average Bonchev–Trinajstić information content (AvgIpc) is 3.25. The fraction of sp³-hybridized carbons (Fsp3) is 0.290. The number of nitrogens with zero attached hydrogens (tertiary/aromatic N) is 1. The monoisotopic (exact) mass is 526 g/mol. The third-order valence-corrected chi connectivity index (χ3v) is 7.15. The molecule has 0 spiro atoms. The van der Waals surface area contributed by atoms with Crippen LogP contribution in [0.5, 0.6) is 0 Å². The number of aryl methyl sites for hydroxylation is 1. The third kappa shape index (κ3) is 7.10. The van der Waals surface area contributed by atoms with Gasteiger partial charge in [0.2, 0.25) is 5.91 Å². The number of rotatable bonds is 11. The predicted molar refractivity (Wildman–Crippen MR) is 150 cm³/mol. The van der Waals surface area contributed by atoms with Gasteiger partial charge in [-0.2, -0.15) is 0 Å². The molecular formula is C31H34N4O4. The van der Waals surface area contributed by atoms with Gasteiger partial charge in [0.15, 0.2) is 0 Å². The van der Waals surface area contributed by atoms with Gasteiger partial charge in [0.1, 0.15) is 5.84 Å². The van der Waals surface area contributed by atoms with Gasteiger partial charge in [-0.3, -0.25) is 19.8 Å². The van der Waals surface area contributed by atoms with E-state index in [-0.39, 0.29) is 30.1 Å². The van der Waals surface area contributed by atoms with Crippen molar-refractivity contribution >= 4 is 23.6 Å². The van der Waals surface area contributed by atoms with Crippen LogP contribution in [0.4, 0.5) is 0 Å². The van der Waals surface area contributed by atoms with Crippen molar-refractivity contribution in [2.45, 2.75) is 31.7 Å². The lowest BCUT2D eigenvalue weighted by Crippen LogP contribution is -2.42. The lowest BCUT2D eigenvalue weighted by atomic mass is 10.0. The summed E-state index contributed by atoms with van der Waals surface area (Å²) < 4.78 is 4.79. The van der Waals surface area contributed by atoms with Crippen LogP contribution in [-0.4, -0.2) is 54.8 Å². The first-order valence-electron chi connectivity index (χ1n) is 13.1. The molecule has 202 valence electrons. The number of nitrogens with one attached hydrogen (secondary N) is 2. The summed E-state index contributed by atoms with van der Waals surface area (Å²) in [6.07, 6.45) is 2.17. The SMILES string of the molecule is COC(=O)C[C@@H]1C[C@@H](CNC(=O)c2ccc(-c3ccc(C(=N)N)cc3)cc2)N(CCCc2ccccc2)C1=O. The molecule has 4 N–H and O–H groups in total. The predicted octanol–water partition coefficient (Wildman–Crippen LogP) is 3.78. The molecule has 3 aromatic rings. The Kier molecular flexibility index (Phi) is 9.10. The fourth-order valence-corrected chi connectivity index (χ4v) is 4.98. The van der Waals surface area contributed by atoms with E-state index in [1.54, 1.807) is 24.3 Å². The van der Waals surface area contributed by atoms with E-state index in [4.69, 9.17) is 15.9 Å². The maximum Gasteiger partial charge on any atom is 0.306 e. The third-order valence-electron chi connectivity index (χ3n) is 7.15. The Labute approximate surface area is 228 Å². The lowest BCUT2D eigenvalue weighted by Gasteiger charge is -2.25. The highest BCUT2D eigenvalue weighted by Crippen LogP contribution is 2.28. The number of nitrogen functional groups attached to an aromatic ring is 1. The van der Waals surface area contributed by atoms with Crippen LogP contribution >= 0.6 is 0 Å². The molecule has 1 saturated heterocycles. The van der Waals surface area contributed by atoms with Gasteiger partial charge < -0.3 is 20.7 Å². The number of hydrogen-bond acceptors (Lipinski definition) is 5. The fourth-order valence-electron chi connectivity index (χ4n) is 4.98. The van der Waals surface area contributed by atoms with E-state index in [0.717, 1.165) is 24.0 Å². The number of likely N-dealkylation sites (tertiary alicyclic amines) is 1. The Morgan fingerprint density at radius 3 is 2.18 bits per heavy atom. The van der Waals surface area contributed by atoms with Gasteiger partial charge in [-0.25, -0.2) is 0 Å². The maximum absolute atomic E-state index is 13.1. The van der Waals surface area contributed by atoms with E-state index in [9.17, 15) is 14.4 Å². The molecule has 2 amide bonds. The number of carbonyl (C=O) groups excluding carboxylic acids is 3. The molecule has 0 aliphatic carbocycles. The summed E-state index contributed by atoms with van der Waals surface area (Å²) >= 11 is 0. The minimum Gasteiger partial charge on any atom is -0.469 e. The summed E-state index contributed by atoms with van der Waals surface area (Å²) in [5, 5.41) is 10.5. The molecule has 0 unspecified atom stereocenters. The van der Waals surface area contributed by atoms with Crippen LogP contribution in [-0.2, 0) is 20.7 Å². The summed E-state index contributed by atoms with van der Waals surface area (Å²) in [5.41, 5.74) is 9.81. The number of carbonyl (C=O) groups is 3. The van der Waals surface area contributed by atoms with Crippen molar-refractivity contribution in [3.63, 3.8) is 0 Å². The summed E-state index contributed by atoms with van der Waals surface area (Å²) in [5.74, 6) is -1.11. The van der Waals surface area contributed by atoms with Crippen molar-refractivity contribution in [2.75, 3.05) is 20.2 Å². The van der Waals surface area contributed by atoms with Crippen molar-refractivity contribution in [2.24, 2.45) is 11.7 Å². The highest BCUT2D eigenvalue weighted by atomic mass is 16.5. The molecule has 1 heterocycles. The molecule has 3 aromatic carbocycles. The van der Waals surface area contributed by atoms with Gasteiger partial charge in [-0.05, 0) is 48.1 Å². The van der Waals surface area contributed by atoms with Gasteiger partial charge in [0, 0.05) is 30.3 Å². The molecule has 4 rings (SSSR count). The molecule has 0 radical (unpaired) electrons.